The van der Waals surface area contributed by atoms with E-state index in [-0.39, 0.29) is 17.7 Å². The molecule has 0 radical (unpaired) electrons. The van der Waals surface area contributed by atoms with E-state index < -0.39 is 25.1 Å². The number of benzene rings is 2. The van der Waals surface area contributed by atoms with Crippen molar-refractivity contribution in [3.8, 4) is 0 Å². The van der Waals surface area contributed by atoms with Gasteiger partial charge in [0.15, 0.2) is 0 Å². The Hall–Kier alpha value is -2.23. The lowest BCUT2D eigenvalue weighted by Gasteiger charge is -2.37. The van der Waals surface area contributed by atoms with E-state index in [1.807, 2.05) is 54.3 Å². The first kappa shape index (κ1) is 27.8. The molecule has 0 bridgehead atoms. The molecule has 0 aromatic heterocycles. The van der Waals surface area contributed by atoms with Crippen LogP contribution < -0.4 is 0 Å². The number of nitrogens with zero attached hydrogens (tertiary/aromatic N) is 2. The summed E-state index contributed by atoms with van der Waals surface area (Å²) in [5, 5.41) is -0.528. The van der Waals surface area contributed by atoms with E-state index in [0.717, 1.165) is 36.8 Å². The second-order valence-corrected chi connectivity index (χ2v) is 14.9. The number of likely N-dealkylation sites (tertiary alicyclic amines) is 1. The highest BCUT2D eigenvalue weighted by atomic mass is 32.2. The fraction of sp³-hybridized carbons (Fsp3) is 0.536. The van der Waals surface area contributed by atoms with Crippen LogP contribution in [0.25, 0.3) is 0 Å². The van der Waals surface area contributed by atoms with Gasteiger partial charge >= 0.3 is 0 Å². The fourth-order valence-corrected chi connectivity index (χ4v) is 8.42. The molecular weight excluding hydrogens is 508 g/mol. The molecule has 4 rings (SSSR count). The van der Waals surface area contributed by atoms with E-state index in [1.54, 1.807) is 16.4 Å². The number of hydrogen-bond donors (Lipinski definition) is 0. The Balaban J connectivity index is 1.35. The van der Waals surface area contributed by atoms with Gasteiger partial charge in [-0.3, -0.25) is 4.79 Å². The Morgan fingerprint density at radius 1 is 0.946 bits per heavy atom. The molecule has 0 aliphatic carbocycles. The summed E-state index contributed by atoms with van der Waals surface area (Å²) in [5.74, 6) is 0.675. The summed E-state index contributed by atoms with van der Waals surface area (Å²) in [7, 11) is -6.43. The van der Waals surface area contributed by atoms with Crippen molar-refractivity contribution in [3.05, 3.63) is 71.3 Å². The average Bonchev–Trinajstić information content (AvgIpc) is 2.86. The molecular formula is C28H38N2O5S2. The van der Waals surface area contributed by atoms with Crippen molar-refractivity contribution < 1.29 is 21.6 Å². The van der Waals surface area contributed by atoms with Crippen LogP contribution in [0.15, 0.2) is 54.6 Å². The highest BCUT2D eigenvalue weighted by molar-refractivity contribution is 7.90. The van der Waals surface area contributed by atoms with Gasteiger partial charge in [0, 0.05) is 43.2 Å². The molecule has 1 amide bonds. The van der Waals surface area contributed by atoms with E-state index in [2.05, 4.69) is 0 Å². The van der Waals surface area contributed by atoms with Gasteiger partial charge in [-0.2, -0.15) is 4.31 Å². The molecule has 2 fully saturated rings. The molecule has 0 N–H and O–H groups in total. The summed E-state index contributed by atoms with van der Waals surface area (Å²) >= 11 is 0. The normalized spacial score (nSPS) is 23.1. The second-order valence-electron chi connectivity index (χ2n) is 10.6. The van der Waals surface area contributed by atoms with Crippen LogP contribution >= 0.6 is 0 Å². The number of amides is 1. The van der Waals surface area contributed by atoms with Crippen LogP contribution in [0.2, 0.25) is 0 Å². The SMILES string of the molecule is C[C@H]1CCC(c2ccccc2)S(=O)(=O)N1Cc1ccc(C(=O)N2CCC(CCCS(C)(=O)=O)CC2)cc1. The van der Waals surface area contributed by atoms with Gasteiger partial charge in [0.1, 0.15) is 15.1 Å². The number of sulfonamides is 1. The predicted octanol–water partition coefficient (Wildman–Crippen LogP) is 4.42. The van der Waals surface area contributed by atoms with Gasteiger partial charge in [-0.05, 0) is 74.6 Å². The number of hydrogen-bond acceptors (Lipinski definition) is 5. The number of rotatable bonds is 8. The first-order valence-electron chi connectivity index (χ1n) is 13.2. The Morgan fingerprint density at radius 2 is 1.59 bits per heavy atom. The van der Waals surface area contributed by atoms with Gasteiger partial charge in [0.25, 0.3) is 5.91 Å². The van der Waals surface area contributed by atoms with E-state index in [4.69, 9.17) is 0 Å². The first-order chi connectivity index (χ1) is 17.5. The van der Waals surface area contributed by atoms with Crippen LogP contribution in [0.3, 0.4) is 0 Å². The van der Waals surface area contributed by atoms with Crippen LogP contribution in [-0.4, -0.2) is 63.1 Å². The number of carbonyl (C=O) groups is 1. The van der Waals surface area contributed by atoms with Crippen LogP contribution in [-0.2, 0) is 26.4 Å². The van der Waals surface area contributed by atoms with Crippen molar-refractivity contribution in [2.24, 2.45) is 5.92 Å². The third kappa shape index (κ3) is 7.00. The second kappa shape index (κ2) is 11.7. The number of piperidine rings is 1. The summed E-state index contributed by atoms with van der Waals surface area (Å²) in [4.78, 5) is 14.9. The van der Waals surface area contributed by atoms with Crippen LogP contribution in [0.5, 0.6) is 0 Å². The summed E-state index contributed by atoms with van der Waals surface area (Å²) in [5.41, 5.74) is 2.31. The van der Waals surface area contributed by atoms with Crippen molar-refractivity contribution in [2.45, 2.75) is 63.3 Å². The van der Waals surface area contributed by atoms with E-state index in [1.165, 1.54) is 6.26 Å². The van der Waals surface area contributed by atoms with E-state index in [9.17, 15) is 21.6 Å². The molecule has 0 saturated carbocycles. The first-order valence-corrected chi connectivity index (χ1v) is 16.7. The smallest absolute Gasteiger partial charge is 0.253 e. The third-order valence-electron chi connectivity index (χ3n) is 7.76. The molecule has 2 heterocycles. The summed E-state index contributed by atoms with van der Waals surface area (Å²) in [6, 6.07) is 16.7. The van der Waals surface area contributed by atoms with Gasteiger partial charge in [0.05, 0.1) is 0 Å². The maximum Gasteiger partial charge on any atom is 0.253 e. The van der Waals surface area contributed by atoms with E-state index >= 15 is 0 Å². The highest BCUT2D eigenvalue weighted by Crippen LogP contribution is 2.38. The Bertz CT molecular complexity index is 1270. The molecule has 7 nitrogen and oxygen atoms in total. The quantitative estimate of drug-likeness (QED) is 0.489. The molecule has 202 valence electrons. The van der Waals surface area contributed by atoms with Gasteiger partial charge in [0.2, 0.25) is 10.0 Å². The Kier molecular flexibility index (Phi) is 8.76. The van der Waals surface area contributed by atoms with Crippen molar-refractivity contribution in [1.82, 2.24) is 9.21 Å². The Labute approximate surface area is 221 Å². The largest absolute Gasteiger partial charge is 0.339 e. The van der Waals surface area contributed by atoms with Crippen molar-refractivity contribution in [2.75, 3.05) is 25.1 Å². The zero-order valence-electron chi connectivity index (χ0n) is 21.8. The molecule has 1 unspecified atom stereocenters. The number of sulfone groups is 1. The van der Waals surface area contributed by atoms with Gasteiger partial charge in [-0.15, -0.1) is 0 Å². The highest BCUT2D eigenvalue weighted by Gasteiger charge is 2.40. The van der Waals surface area contributed by atoms with Crippen molar-refractivity contribution in [3.63, 3.8) is 0 Å². The molecule has 2 saturated heterocycles. The zero-order chi connectivity index (χ0) is 26.6. The molecule has 2 aromatic rings. The van der Waals surface area contributed by atoms with Crippen LogP contribution in [0.4, 0.5) is 0 Å². The van der Waals surface area contributed by atoms with Crippen LogP contribution in [0, 0.1) is 5.92 Å². The van der Waals surface area contributed by atoms with Gasteiger partial charge in [-0.1, -0.05) is 42.5 Å². The summed E-state index contributed by atoms with van der Waals surface area (Å²) in [6.07, 6.45) is 6.03. The molecule has 37 heavy (non-hydrogen) atoms. The van der Waals surface area contributed by atoms with Crippen molar-refractivity contribution in [1.29, 1.82) is 0 Å². The summed E-state index contributed by atoms with van der Waals surface area (Å²) in [6.45, 7) is 3.60. The lowest BCUT2D eigenvalue weighted by Crippen LogP contribution is -2.44. The minimum Gasteiger partial charge on any atom is -0.339 e. The summed E-state index contributed by atoms with van der Waals surface area (Å²) < 4.78 is 51.3. The third-order valence-corrected chi connectivity index (χ3v) is 11.2. The molecule has 2 aliphatic rings. The van der Waals surface area contributed by atoms with Gasteiger partial charge < -0.3 is 4.90 Å². The molecule has 2 aromatic carbocycles. The lowest BCUT2D eigenvalue weighted by molar-refractivity contribution is 0.0686. The topological polar surface area (TPSA) is 91.8 Å². The minimum atomic E-state index is -3.50. The average molecular weight is 547 g/mol. The fourth-order valence-electron chi connectivity index (χ4n) is 5.53. The predicted molar refractivity (Wildman–Crippen MR) is 146 cm³/mol. The van der Waals surface area contributed by atoms with Crippen LogP contribution in [0.1, 0.15) is 72.2 Å². The maximum absolute atomic E-state index is 13.5. The maximum atomic E-state index is 13.5. The van der Waals surface area contributed by atoms with Crippen molar-refractivity contribution >= 4 is 25.8 Å². The Morgan fingerprint density at radius 3 is 2.22 bits per heavy atom. The molecule has 9 heteroatoms. The zero-order valence-corrected chi connectivity index (χ0v) is 23.4. The number of carbonyl (C=O) groups excluding carboxylic acids is 1. The monoisotopic (exact) mass is 546 g/mol. The minimum absolute atomic E-state index is 0.00996. The molecule has 0 spiro atoms. The van der Waals surface area contributed by atoms with Gasteiger partial charge in [-0.25, -0.2) is 16.8 Å². The lowest BCUT2D eigenvalue weighted by atomic mass is 9.92. The molecule has 2 aliphatic heterocycles. The standard InChI is InChI=1S/C28H38N2O5S2/c1-22-10-15-27(25-8-4-3-5-9-25)37(34,35)30(22)21-24-11-13-26(14-12-24)28(31)29-18-16-23(17-19-29)7-6-20-36(2,32)33/h3-5,8-9,11-14,22-23,27H,6-7,10,15-21H2,1-2H3/t22-,27?/m0/s1. The van der Waals surface area contributed by atoms with E-state index in [0.29, 0.717) is 44.0 Å². The molecule has 2 atom stereocenters.